The van der Waals surface area contributed by atoms with E-state index in [0.717, 1.165) is 23.5 Å². The van der Waals surface area contributed by atoms with E-state index in [4.69, 9.17) is 0 Å². The lowest BCUT2D eigenvalue weighted by atomic mass is 9.70. The zero-order valence-electron chi connectivity index (χ0n) is 41.4. The highest BCUT2D eigenvalue weighted by atomic mass is 15.1. The van der Waals surface area contributed by atoms with Gasteiger partial charge in [0.25, 0.3) is 0 Å². The number of fused-ring (bicyclic) bond motifs is 10. The Kier molecular flexibility index (Phi) is 12.9. The molecule has 1 heteroatoms. The molecule has 0 aliphatic heterocycles. The van der Waals surface area contributed by atoms with E-state index in [9.17, 15) is 0 Å². The maximum Gasteiger partial charge on any atom is 0.0726 e. The Bertz CT molecular complexity index is 3220. The fourth-order valence-corrected chi connectivity index (χ4v) is 12.1. The van der Waals surface area contributed by atoms with Gasteiger partial charge in [-0.3, -0.25) is 0 Å². The molecule has 346 valence electrons. The maximum absolute atomic E-state index is 2.50. The molecule has 70 heavy (non-hydrogen) atoms. The SMILES string of the molecule is CCCCCCCCCCCCc1cc(C)cc(-c2ccc(C)c(-c3ccc(N(c4ccc5c(c4)C4(c6ccccc6-c6ccccc64)c4ccccc4-5)c4ccccc4-c4ccccc4)cc3)c2)c1. The van der Waals surface area contributed by atoms with Crippen molar-refractivity contribution in [1.29, 1.82) is 0 Å². The van der Waals surface area contributed by atoms with E-state index in [-0.39, 0.29) is 0 Å². The monoisotopic (exact) mass is 908 g/mol. The Hall–Kier alpha value is -7.22. The molecule has 0 saturated heterocycles. The lowest BCUT2D eigenvalue weighted by Crippen LogP contribution is -2.26. The second kappa shape index (κ2) is 20.0. The van der Waals surface area contributed by atoms with Gasteiger partial charge < -0.3 is 4.90 Å². The number of benzene rings is 9. The number of rotatable bonds is 17. The average Bonchev–Trinajstić information content (AvgIpc) is 3.87. The van der Waals surface area contributed by atoms with Crippen LogP contribution in [0.5, 0.6) is 0 Å². The van der Waals surface area contributed by atoms with Crippen molar-refractivity contribution in [2.24, 2.45) is 0 Å². The van der Waals surface area contributed by atoms with Crippen LogP contribution in [0.15, 0.2) is 206 Å². The van der Waals surface area contributed by atoms with Crippen molar-refractivity contribution in [3.63, 3.8) is 0 Å². The van der Waals surface area contributed by atoms with Gasteiger partial charge >= 0.3 is 0 Å². The zero-order chi connectivity index (χ0) is 47.4. The molecule has 2 aliphatic carbocycles. The van der Waals surface area contributed by atoms with E-state index in [1.807, 2.05) is 0 Å². The topological polar surface area (TPSA) is 3.24 Å². The van der Waals surface area contributed by atoms with Gasteiger partial charge in [-0.05, 0) is 147 Å². The fourth-order valence-electron chi connectivity index (χ4n) is 12.1. The summed E-state index contributed by atoms with van der Waals surface area (Å²) in [6, 6.07) is 77.8. The van der Waals surface area contributed by atoms with Gasteiger partial charge in [0.15, 0.2) is 0 Å². The molecule has 0 unspecified atom stereocenters. The number of unbranched alkanes of at least 4 members (excludes halogenated alkanes) is 9. The molecule has 1 spiro atoms. The van der Waals surface area contributed by atoms with Gasteiger partial charge in [0.2, 0.25) is 0 Å². The lowest BCUT2D eigenvalue weighted by molar-refractivity contribution is 0.556. The molecule has 0 atom stereocenters. The van der Waals surface area contributed by atoms with Crippen molar-refractivity contribution < 1.29 is 0 Å². The van der Waals surface area contributed by atoms with Crippen molar-refractivity contribution in [3.05, 3.63) is 245 Å². The van der Waals surface area contributed by atoms with Gasteiger partial charge in [0.05, 0.1) is 11.1 Å². The Morgan fingerprint density at radius 1 is 0.343 bits per heavy atom. The van der Waals surface area contributed by atoms with Gasteiger partial charge in [0, 0.05) is 16.9 Å². The van der Waals surface area contributed by atoms with Crippen molar-refractivity contribution >= 4 is 17.1 Å². The number of para-hydroxylation sites is 1. The van der Waals surface area contributed by atoms with Gasteiger partial charge in [-0.1, -0.05) is 240 Å². The van der Waals surface area contributed by atoms with Crippen molar-refractivity contribution in [3.8, 4) is 55.6 Å². The smallest absolute Gasteiger partial charge is 0.0726 e. The van der Waals surface area contributed by atoms with E-state index in [0.29, 0.717) is 0 Å². The summed E-state index contributed by atoms with van der Waals surface area (Å²) in [5, 5.41) is 0. The Labute approximate surface area is 417 Å². The number of aryl methyl sites for hydroxylation is 3. The van der Waals surface area contributed by atoms with Crippen molar-refractivity contribution in [1.82, 2.24) is 0 Å². The Morgan fingerprint density at radius 2 is 0.857 bits per heavy atom. The Morgan fingerprint density at radius 3 is 1.50 bits per heavy atom. The van der Waals surface area contributed by atoms with Crippen LogP contribution in [0, 0.1) is 13.8 Å². The number of nitrogens with zero attached hydrogens (tertiary/aromatic N) is 1. The van der Waals surface area contributed by atoms with E-state index < -0.39 is 5.41 Å². The minimum Gasteiger partial charge on any atom is -0.310 e. The highest BCUT2D eigenvalue weighted by Gasteiger charge is 2.51. The standard InChI is InChI=1S/C69H65N/c1-4-5-6-7-8-9-10-11-12-14-25-51-44-49(2)45-55(46-51)54-37-36-50(3)63(47-54)53-38-40-56(41-39-53)70(68-35-24-20-28-58(68)52-26-15-13-16-27-52)57-42-43-62-61-31-19-23-34-66(61)69(67(62)48-57)64-32-21-17-29-59(64)60-30-18-22-33-65(60)69/h13,15-24,26-48H,4-12,14,25H2,1-3H3. The molecule has 0 saturated carbocycles. The van der Waals surface area contributed by atoms with Crippen LogP contribution in [0.25, 0.3) is 55.6 Å². The lowest BCUT2D eigenvalue weighted by Gasteiger charge is -2.32. The number of hydrogen-bond acceptors (Lipinski definition) is 1. The van der Waals surface area contributed by atoms with Crippen LogP contribution in [0.2, 0.25) is 0 Å². The Balaban J connectivity index is 0.949. The van der Waals surface area contributed by atoms with Crippen LogP contribution >= 0.6 is 0 Å². The van der Waals surface area contributed by atoms with Crippen LogP contribution in [-0.2, 0) is 11.8 Å². The van der Waals surface area contributed by atoms with E-state index >= 15 is 0 Å². The fraction of sp³-hybridized carbons (Fsp3) is 0.217. The van der Waals surface area contributed by atoms with Crippen LogP contribution in [0.1, 0.15) is 110 Å². The first kappa shape index (κ1) is 45.2. The predicted molar refractivity (Wildman–Crippen MR) is 299 cm³/mol. The summed E-state index contributed by atoms with van der Waals surface area (Å²) in [5.74, 6) is 0. The molecular weight excluding hydrogens is 843 g/mol. The largest absolute Gasteiger partial charge is 0.310 e. The van der Waals surface area contributed by atoms with E-state index in [1.54, 1.807) is 0 Å². The molecule has 0 aromatic heterocycles. The van der Waals surface area contributed by atoms with Crippen LogP contribution in [0.3, 0.4) is 0 Å². The van der Waals surface area contributed by atoms with E-state index in [2.05, 4.69) is 232 Å². The first-order chi connectivity index (χ1) is 34.5. The molecular formula is C69H65N. The van der Waals surface area contributed by atoms with Crippen LogP contribution in [-0.4, -0.2) is 0 Å². The molecule has 11 rings (SSSR count). The molecule has 0 heterocycles. The molecule has 9 aromatic rings. The third kappa shape index (κ3) is 8.40. The molecule has 0 bridgehead atoms. The minimum absolute atomic E-state index is 0.433. The van der Waals surface area contributed by atoms with Crippen LogP contribution < -0.4 is 4.90 Å². The quantitative estimate of drug-likeness (QED) is 0.0823. The first-order valence-corrected chi connectivity index (χ1v) is 26.2. The van der Waals surface area contributed by atoms with Gasteiger partial charge in [0.1, 0.15) is 0 Å². The normalized spacial score (nSPS) is 12.7. The number of hydrogen-bond donors (Lipinski definition) is 0. The summed E-state index contributed by atoms with van der Waals surface area (Å²) in [7, 11) is 0. The molecule has 0 amide bonds. The maximum atomic E-state index is 2.50. The first-order valence-electron chi connectivity index (χ1n) is 26.2. The van der Waals surface area contributed by atoms with E-state index in [1.165, 1.54) is 159 Å². The summed E-state index contributed by atoms with van der Waals surface area (Å²) in [6.45, 7) is 6.81. The molecule has 0 radical (unpaired) electrons. The second-order valence-corrected chi connectivity index (χ2v) is 20.1. The molecule has 9 aromatic carbocycles. The summed E-state index contributed by atoms with van der Waals surface area (Å²) >= 11 is 0. The summed E-state index contributed by atoms with van der Waals surface area (Å²) in [6.07, 6.45) is 14.8. The third-order valence-corrected chi connectivity index (χ3v) is 15.4. The summed E-state index contributed by atoms with van der Waals surface area (Å²) < 4.78 is 0. The number of anilines is 3. The third-order valence-electron chi connectivity index (χ3n) is 15.4. The molecule has 1 nitrogen and oxygen atoms in total. The van der Waals surface area contributed by atoms with Gasteiger partial charge in [-0.25, -0.2) is 0 Å². The van der Waals surface area contributed by atoms with Crippen molar-refractivity contribution in [2.45, 2.75) is 96.8 Å². The highest BCUT2D eigenvalue weighted by molar-refractivity contribution is 5.97. The van der Waals surface area contributed by atoms with Crippen LogP contribution in [0.4, 0.5) is 17.1 Å². The van der Waals surface area contributed by atoms with Gasteiger partial charge in [-0.2, -0.15) is 0 Å². The molecule has 2 aliphatic rings. The minimum atomic E-state index is -0.433. The van der Waals surface area contributed by atoms with Crippen molar-refractivity contribution in [2.75, 3.05) is 4.90 Å². The predicted octanol–water partition coefficient (Wildman–Crippen LogP) is 19.6. The molecule has 0 N–H and O–H groups in total. The summed E-state index contributed by atoms with van der Waals surface area (Å²) in [4.78, 5) is 2.49. The second-order valence-electron chi connectivity index (χ2n) is 20.1. The van der Waals surface area contributed by atoms with Gasteiger partial charge in [-0.15, -0.1) is 0 Å². The average molecular weight is 908 g/mol. The summed E-state index contributed by atoms with van der Waals surface area (Å²) in [5.41, 5.74) is 25.1. The highest BCUT2D eigenvalue weighted by Crippen LogP contribution is 2.63. The zero-order valence-corrected chi connectivity index (χ0v) is 41.4. The molecule has 0 fully saturated rings.